The largest absolute Gasteiger partial charge is 0.303 e. The summed E-state index contributed by atoms with van der Waals surface area (Å²) in [5.74, 6) is 5.68. The van der Waals surface area contributed by atoms with Crippen LogP contribution in [-0.2, 0) is 0 Å². The average molecular weight is 236 g/mol. The molecule has 0 amide bonds. The van der Waals surface area contributed by atoms with Crippen LogP contribution in [0.3, 0.4) is 0 Å². The minimum absolute atomic E-state index is 0.0106. The Morgan fingerprint density at radius 3 is 2.88 bits per heavy atom. The number of rotatable bonds is 3. The number of hydrogen-bond donors (Lipinski definition) is 2. The third-order valence-electron chi connectivity index (χ3n) is 3.37. The lowest BCUT2D eigenvalue weighted by Crippen LogP contribution is -2.56. The highest BCUT2D eigenvalue weighted by molar-refractivity contribution is 5.07. The van der Waals surface area contributed by atoms with Crippen molar-refractivity contribution in [3.05, 3.63) is 24.3 Å². The van der Waals surface area contributed by atoms with Crippen LogP contribution in [0.15, 0.2) is 18.6 Å². The third kappa shape index (κ3) is 2.78. The number of hydrogen-bond acceptors (Lipinski definition) is 6. The molecule has 0 aliphatic carbocycles. The van der Waals surface area contributed by atoms with Crippen molar-refractivity contribution in [1.29, 1.82) is 0 Å². The molecular formula is C11H20N6. The molecule has 2 atom stereocenters. The van der Waals surface area contributed by atoms with E-state index in [1.54, 1.807) is 18.6 Å². The fourth-order valence-corrected chi connectivity index (χ4v) is 2.27. The normalized spacial score (nSPS) is 24.8. The Morgan fingerprint density at radius 1 is 1.41 bits per heavy atom. The minimum atomic E-state index is 0.0106. The number of likely N-dealkylation sites (N-methyl/N-ethyl adjacent to an activating group) is 2. The van der Waals surface area contributed by atoms with Crippen LogP contribution in [0.4, 0.5) is 0 Å². The average Bonchev–Trinajstić information content (AvgIpc) is 2.36. The van der Waals surface area contributed by atoms with Gasteiger partial charge in [-0.3, -0.25) is 20.7 Å². The molecule has 0 saturated carbocycles. The van der Waals surface area contributed by atoms with E-state index in [1.807, 2.05) is 0 Å². The highest BCUT2D eigenvalue weighted by Crippen LogP contribution is 2.20. The van der Waals surface area contributed by atoms with Gasteiger partial charge in [0, 0.05) is 38.1 Å². The quantitative estimate of drug-likeness (QED) is 0.530. The van der Waals surface area contributed by atoms with Gasteiger partial charge in [-0.25, -0.2) is 5.43 Å². The van der Waals surface area contributed by atoms with Gasteiger partial charge in [-0.05, 0) is 14.1 Å². The van der Waals surface area contributed by atoms with E-state index >= 15 is 0 Å². The zero-order valence-corrected chi connectivity index (χ0v) is 10.4. The Bertz CT molecular complexity index is 343. The lowest BCUT2D eigenvalue weighted by Gasteiger charge is -2.41. The molecule has 0 radical (unpaired) electrons. The van der Waals surface area contributed by atoms with Gasteiger partial charge in [-0.1, -0.05) is 0 Å². The fraction of sp³-hybridized carbons (Fsp3) is 0.636. The first-order chi connectivity index (χ1) is 8.22. The van der Waals surface area contributed by atoms with Gasteiger partial charge < -0.3 is 4.90 Å². The van der Waals surface area contributed by atoms with Crippen molar-refractivity contribution in [2.24, 2.45) is 5.84 Å². The van der Waals surface area contributed by atoms with Crippen LogP contribution in [0, 0.1) is 0 Å². The van der Waals surface area contributed by atoms with Gasteiger partial charge in [-0.15, -0.1) is 0 Å². The molecule has 1 aliphatic rings. The summed E-state index contributed by atoms with van der Waals surface area (Å²) in [5.41, 5.74) is 3.76. The van der Waals surface area contributed by atoms with Crippen LogP contribution in [0.5, 0.6) is 0 Å². The van der Waals surface area contributed by atoms with E-state index in [2.05, 4.69) is 39.3 Å². The zero-order chi connectivity index (χ0) is 12.3. The van der Waals surface area contributed by atoms with Crippen LogP contribution in [0.1, 0.15) is 11.7 Å². The predicted octanol–water partition coefficient (Wildman–Crippen LogP) is -0.773. The summed E-state index contributed by atoms with van der Waals surface area (Å²) in [5, 5.41) is 0. The number of hydrazine groups is 1. The van der Waals surface area contributed by atoms with E-state index in [1.165, 1.54) is 0 Å². The minimum Gasteiger partial charge on any atom is -0.303 e. The first kappa shape index (κ1) is 12.4. The standard InChI is InChI=1S/C11H20N6/c1-16-5-6-17(2)10(8-16)11(15-12)9-7-13-3-4-14-9/h3-4,7,10-11,15H,5-6,8,12H2,1-2H3. The van der Waals surface area contributed by atoms with Gasteiger partial charge in [0.1, 0.15) is 0 Å². The molecule has 3 N–H and O–H groups in total. The molecule has 2 rings (SSSR count). The maximum absolute atomic E-state index is 5.68. The maximum Gasteiger partial charge on any atom is 0.0815 e. The summed E-state index contributed by atoms with van der Waals surface area (Å²) >= 11 is 0. The summed E-state index contributed by atoms with van der Waals surface area (Å²) < 4.78 is 0. The number of nitrogens with zero attached hydrogens (tertiary/aromatic N) is 4. The molecule has 2 heterocycles. The molecule has 1 aromatic heterocycles. The molecule has 0 aromatic carbocycles. The second kappa shape index (κ2) is 5.50. The van der Waals surface area contributed by atoms with Crippen molar-refractivity contribution in [2.75, 3.05) is 33.7 Å². The fourth-order valence-electron chi connectivity index (χ4n) is 2.27. The van der Waals surface area contributed by atoms with Crippen LogP contribution in [0.25, 0.3) is 0 Å². The number of aromatic nitrogens is 2. The monoisotopic (exact) mass is 236 g/mol. The zero-order valence-electron chi connectivity index (χ0n) is 10.4. The van der Waals surface area contributed by atoms with Gasteiger partial charge in [0.25, 0.3) is 0 Å². The Labute approximate surface area is 102 Å². The first-order valence-electron chi connectivity index (χ1n) is 5.83. The van der Waals surface area contributed by atoms with Crippen molar-refractivity contribution in [1.82, 2.24) is 25.2 Å². The maximum atomic E-state index is 5.68. The van der Waals surface area contributed by atoms with Crippen molar-refractivity contribution in [2.45, 2.75) is 12.1 Å². The van der Waals surface area contributed by atoms with E-state index < -0.39 is 0 Å². The smallest absolute Gasteiger partial charge is 0.0815 e. The highest BCUT2D eigenvalue weighted by atomic mass is 15.3. The lowest BCUT2D eigenvalue weighted by molar-refractivity contribution is 0.0865. The van der Waals surface area contributed by atoms with Gasteiger partial charge in [0.05, 0.1) is 17.9 Å². The molecule has 1 aliphatic heterocycles. The Morgan fingerprint density at radius 2 is 2.24 bits per heavy atom. The molecule has 6 nitrogen and oxygen atoms in total. The summed E-state index contributed by atoms with van der Waals surface area (Å²) in [7, 11) is 4.25. The van der Waals surface area contributed by atoms with Crippen molar-refractivity contribution in [3.63, 3.8) is 0 Å². The van der Waals surface area contributed by atoms with Crippen molar-refractivity contribution in [3.8, 4) is 0 Å². The summed E-state index contributed by atoms with van der Waals surface area (Å²) in [4.78, 5) is 13.1. The number of nitrogens with two attached hydrogens (primary N) is 1. The number of piperazine rings is 1. The van der Waals surface area contributed by atoms with E-state index in [-0.39, 0.29) is 6.04 Å². The second-order valence-corrected chi connectivity index (χ2v) is 4.58. The molecule has 94 valence electrons. The topological polar surface area (TPSA) is 70.3 Å². The van der Waals surface area contributed by atoms with E-state index in [9.17, 15) is 0 Å². The van der Waals surface area contributed by atoms with Crippen molar-refractivity contribution < 1.29 is 0 Å². The van der Waals surface area contributed by atoms with Crippen LogP contribution < -0.4 is 11.3 Å². The van der Waals surface area contributed by atoms with E-state index in [0.29, 0.717) is 6.04 Å². The van der Waals surface area contributed by atoms with Crippen LogP contribution >= 0.6 is 0 Å². The molecule has 0 bridgehead atoms. The molecule has 1 fully saturated rings. The van der Waals surface area contributed by atoms with Gasteiger partial charge in [0.2, 0.25) is 0 Å². The molecule has 1 saturated heterocycles. The van der Waals surface area contributed by atoms with Crippen LogP contribution in [-0.4, -0.2) is 59.5 Å². The first-order valence-corrected chi connectivity index (χ1v) is 5.83. The predicted molar refractivity (Wildman–Crippen MR) is 66.0 cm³/mol. The Kier molecular flexibility index (Phi) is 4.01. The SMILES string of the molecule is CN1CCN(C)C(C(NN)c2cnccn2)C1. The molecule has 0 spiro atoms. The van der Waals surface area contributed by atoms with E-state index in [4.69, 9.17) is 5.84 Å². The Hall–Kier alpha value is -1.08. The lowest BCUT2D eigenvalue weighted by atomic mass is 10.0. The number of nitrogens with one attached hydrogen (secondary N) is 1. The third-order valence-corrected chi connectivity index (χ3v) is 3.37. The summed E-state index contributed by atoms with van der Waals surface area (Å²) in [6.07, 6.45) is 5.15. The summed E-state index contributed by atoms with van der Waals surface area (Å²) in [6.45, 7) is 3.10. The highest BCUT2D eigenvalue weighted by Gasteiger charge is 2.31. The molecule has 2 unspecified atom stereocenters. The van der Waals surface area contributed by atoms with E-state index in [0.717, 1.165) is 25.3 Å². The van der Waals surface area contributed by atoms with Crippen molar-refractivity contribution >= 4 is 0 Å². The molecule has 6 heteroatoms. The van der Waals surface area contributed by atoms with Gasteiger partial charge in [0.15, 0.2) is 0 Å². The molecular weight excluding hydrogens is 216 g/mol. The van der Waals surface area contributed by atoms with Gasteiger partial charge in [-0.2, -0.15) is 0 Å². The Balaban J connectivity index is 2.17. The molecule has 17 heavy (non-hydrogen) atoms. The van der Waals surface area contributed by atoms with Crippen LogP contribution in [0.2, 0.25) is 0 Å². The molecule has 1 aromatic rings. The second-order valence-electron chi connectivity index (χ2n) is 4.58. The summed E-state index contributed by atoms with van der Waals surface area (Å²) in [6, 6.07) is 0.326. The van der Waals surface area contributed by atoms with Gasteiger partial charge >= 0.3 is 0 Å².